The standard InChI is InChI=1S/C17H16FN3O2/c1-2-3-14-16(21-10-11(18)4-9-15(21)20-14)17(23)19-12-5-7-13(22)8-6-12/h4-10,22H,2-3H2,1H3,(H,19,23). The molecule has 118 valence electrons. The highest BCUT2D eigenvalue weighted by atomic mass is 19.1. The highest BCUT2D eigenvalue weighted by Crippen LogP contribution is 2.19. The number of phenolic OH excluding ortho intramolecular Hbond substituents is 1. The van der Waals surface area contributed by atoms with Gasteiger partial charge in [0.15, 0.2) is 0 Å². The van der Waals surface area contributed by atoms with Crippen LogP contribution in [-0.2, 0) is 6.42 Å². The fourth-order valence-electron chi connectivity index (χ4n) is 2.45. The lowest BCUT2D eigenvalue weighted by Gasteiger charge is -2.07. The zero-order valence-corrected chi connectivity index (χ0v) is 12.6. The maximum atomic E-state index is 13.5. The van der Waals surface area contributed by atoms with Crippen molar-refractivity contribution in [1.29, 1.82) is 0 Å². The number of amides is 1. The van der Waals surface area contributed by atoms with Crippen molar-refractivity contribution in [3.8, 4) is 5.75 Å². The number of pyridine rings is 1. The number of nitrogens with one attached hydrogen (secondary N) is 1. The van der Waals surface area contributed by atoms with Crippen LogP contribution in [0.1, 0.15) is 29.5 Å². The largest absolute Gasteiger partial charge is 0.508 e. The number of aromatic nitrogens is 2. The van der Waals surface area contributed by atoms with Crippen LogP contribution in [-0.4, -0.2) is 20.4 Å². The average Bonchev–Trinajstić information content (AvgIpc) is 2.87. The fourth-order valence-corrected chi connectivity index (χ4v) is 2.45. The molecule has 0 aliphatic carbocycles. The molecule has 0 fully saturated rings. The second-order valence-electron chi connectivity index (χ2n) is 5.23. The molecule has 1 aromatic carbocycles. The molecule has 0 saturated carbocycles. The summed E-state index contributed by atoms with van der Waals surface area (Å²) in [6.07, 6.45) is 2.71. The number of aryl methyl sites for hydroxylation is 1. The molecule has 0 bridgehead atoms. The molecule has 5 nitrogen and oxygen atoms in total. The Morgan fingerprint density at radius 3 is 2.70 bits per heavy atom. The van der Waals surface area contributed by atoms with Crippen LogP contribution in [0.2, 0.25) is 0 Å². The predicted octanol–water partition coefficient (Wildman–Crippen LogP) is 3.38. The van der Waals surface area contributed by atoms with Crippen molar-refractivity contribution >= 4 is 17.2 Å². The van der Waals surface area contributed by atoms with Crippen LogP contribution in [0.4, 0.5) is 10.1 Å². The van der Waals surface area contributed by atoms with Gasteiger partial charge >= 0.3 is 0 Å². The van der Waals surface area contributed by atoms with Crippen molar-refractivity contribution < 1.29 is 14.3 Å². The summed E-state index contributed by atoms with van der Waals surface area (Å²) in [6, 6.07) is 9.02. The van der Waals surface area contributed by atoms with E-state index in [9.17, 15) is 14.3 Å². The van der Waals surface area contributed by atoms with E-state index < -0.39 is 5.82 Å². The van der Waals surface area contributed by atoms with Crippen molar-refractivity contribution in [2.75, 3.05) is 5.32 Å². The summed E-state index contributed by atoms with van der Waals surface area (Å²) < 4.78 is 15.0. The van der Waals surface area contributed by atoms with E-state index in [0.717, 1.165) is 6.42 Å². The number of rotatable bonds is 4. The molecule has 23 heavy (non-hydrogen) atoms. The van der Waals surface area contributed by atoms with Gasteiger partial charge in [-0.15, -0.1) is 0 Å². The van der Waals surface area contributed by atoms with E-state index in [2.05, 4.69) is 10.3 Å². The van der Waals surface area contributed by atoms with Crippen LogP contribution in [0.3, 0.4) is 0 Å². The van der Waals surface area contributed by atoms with E-state index >= 15 is 0 Å². The molecule has 0 spiro atoms. The van der Waals surface area contributed by atoms with Gasteiger partial charge in [0, 0.05) is 11.9 Å². The first-order valence-electron chi connectivity index (χ1n) is 7.35. The van der Waals surface area contributed by atoms with Gasteiger partial charge in [-0.3, -0.25) is 9.20 Å². The molecule has 1 amide bonds. The van der Waals surface area contributed by atoms with E-state index in [-0.39, 0.29) is 11.7 Å². The molecular weight excluding hydrogens is 297 g/mol. The van der Waals surface area contributed by atoms with Crippen molar-refractivity contribution in [2.24, 2.45) is 0 Å². The number of hydrogen-bond donors (Lipinski definition) is 2. The van der Waals surface area contributed by atoms with Crippen molar-refractivity contribution in [1.82, 2.24) is 9.38 Å². The SMILES string of the molecule is CCCc1nc2ccc(F)cn2c1C(=O)Nc1ccc(O)cc1. The second-order valence-corrected chi connectivity index (χ2v) is 5.23. The van der Waals surface area contributed by atoms with Crippen molar-refractivity contribution in [3.63, 3.8) is 0 Å². The van der Waals surface area contributed by atoms with E-state index in [0.29, 0.717) is 29.1 Å². The summed E-state index contributed by atoms with van der Waals surface area (Å²) in [5.74, 6) is -0.680. The lowest BCUT2D eigenvalue weighted by molar-refractivity contribution is 0.102. The predicted molar refractivity (Wildman–Crippen MR) is 85.2 cm³/mol. The highest BCUT2D eigenvalue weighted by molar-refractivity contribution is 6.04. The number of hydrogen-bond acceptors (Lipinski definition) is 3. The van der Waals surface area contributed by atoms with Gasteiger partial charge in [0.05, 0.1) is 5.69 Å². The number of imidazole rings is 1. The van der Waals surface area contributed by atoms with Crippen LogP contribution >= 0.6 is 0 Å². The number of carbonyl (C=O) groups excluding carboxylic acids is 1. The van der Waals surface area contributed by atoms with Gasteiger partial charge in [-0.2, -0.15) is 0 Å². The number of halogens is 1. The minimum Gasteiger partial charge on any atom is -0.508 e. The highest BCUT2D eigenvalue weighted by Gasteiger charge is 2.19. The molecule has 2 aromatic heterocycles. The lowest BCUT2D eigenvalue weighted by Crippen LogP contribution is -2.16. The summed E-state index contributed by atoms with van der Waals surface area (Å²) >= 11 is 0. The molecule has 0 aliphatic heterocycles. The third kappa shape index (κ3) is 3.01. The molecule has 3 aromatic rings. The first-order chi connectivity index (χ1) is 11.1. The normalized spacial score (nSPS) is 10.9. The van der Waals surface area contributed by atoms with Gasteiger partial charge in [0.1, 0.15) is 22.9 Å². The van der Waals surface area contributed by atoms with E-state index in [1.807, 2.05) is 6.92 Å². The maximum Gasteiger partial charge on any atom is 0.274 e. The molecule has 0 radical (unpaired) electrons. The van der Waals surface area contributed by atoms with Crippen LogP contribution in [0.25, 0.3) is 5.65 Å². The minimum atomic E-state index is -0.434. The minimum absolute atomic E-state index is 0.117. The Bertz CT molecular complexity index is 856. The van der Waals surface area contributed by atoms with Crippen molar-refractivity contribution in [3.05, 3.63) is 59.8 Å². The number of benzene rings is 1. The first kappa shape index (κ1) is 15.0. The Morgan fingerprint density at radius 2 is 2.00 bits per heavy atom. The number of phenols is 1. The molecule has 2 heterocycles. The van der Waals surface area contributed by atoms with Gasteiger partial charge in [-0.1, -0.05) is 13.3 Å². The number of anilines is 1. The number of fused-ring (bicyclic) bond motifs is 1. The topological polar surface area (TPSA) is 66.6 Å². The Balaban J connectivity index is 2.02. The molecule has 3 rings (SSSR count). The van der Waals surface area contributed by atoms with Crippen LogP contribution < -0.4 is 5.32 Å². The number of carbonyl (C=O) groups is 1. The van der Waals surface area contributed by atoms with Crippen molar-refractivity contribution in [2.45, 2.75) is 19.8 Å². The Kier molecular flexibility index (Phi) is 3.97. The summed E-state index contributed by atoms with van der Waals surface area (Å²) in [7, 11) is 0. The van der Waals surface area contributed by atoms with Gasteiger partial charge < -0.3 is 10.4 Å². The number of nitrogens with zero attached hydrogens (tertiary/aromatic N) is 2. The number of aromatic hydroxyl groups is 1. The van der Waals surface area contributed by atoms with Gasteiger partial charge in [-0.05, 0) is 42.8 Å². The Hall–Kier alpha value is -2.89. The fraction of sp³-hybridized carbons (Fsp3) is 0.176. The first-order valence-corrected chi connectivity index (χ1v) is 7.35. The summed E-state index contributed by atoms with van der Waals surface area (Å²) in [5, 5.41) is 12.0. The van der Waals surface area contributed by atoms with Gasteiger partial charge in [0.2, 0.25) is 0 Å². The summed E-state index contributed by atoms with van der Waals surface area (Å²) in [6.45, 7) is 1.99. The van der Waals surface area contributed by atoms with E-state index in [4.69, 9.17) is 0 Å². The summed E-state index contributed by atoms with van der Waals surface area (Å²) in [5.41, 5.74) is 2.04. The van der Waals surface area contributed by atoms with Crippen LogP contribution in [0.5, 0.6) is 5.75 Å². The third-order valence-corrected chi connectivity index (χ3v) is 3.48. The average molecular weight is 313 g/mol. The molecule has 2 N–H and O–H groups in total. The molecule has 0 aliphatic rings. The maximum absolute atomic E-state index is 13.5. The van der Waals surface area contributed by atoms with Crippen LogP contribution in [0, 0.1) is 5.82 Å². The summed E-state index contributed by atoms with van der Waals surface area (Å²) in [4.78, 5) is 17.0. The van der Waals surface area contributed by atoms with Gasteiger partial charge in [-0.25, -0.2) is 9.37 Å². The van der Waals surface area contributed by atoms with Crippen LogP contribution in [0.15, 0.2) is 42.6 Å². The van der Waals surface area contributed by atoms with E-state index in [1.54, 1.807) is 18.2 Å². The molecule has 0 atom stereocenters. The molecule has 0 saturated heterocycles. The van der Waals surface area contributed by atoms with Gasteiger partial charge in [0.25, 0.3) is 5.91 Å². The zero-order valence-electron chi connectivity index (χ0n) is 12.6. The smallest absolute Gasteiger partial charge is 0.274 e. The quantitative estimate of drug-likeness (QED) is 0.726. The zero-order chi connectivity index (χ0) is 16.4. The second kappa shape index (κ2) is 6.08. The monoisotopic (exact) mass is 313 g/mol. The van der Waals surface area contributed by atoms with E-state index in [1.165, 1.54) is 28.8 Å². The molecule has 6 heteroatoms. The third-order valence-electron chi connectivity index (χ3n) is 3.48. The Morgan fingerprint density at radius 1 is 1.26 bits per heavy atom. The molecule has 0 unspecified atom stereocenters. The Labute approximate surface area is 132 Å². The molecular formula is C17H16FN3O2. The lowest BCUT2D eigenvalue weighted by atomic mass is 10.2.